The van der Waals surface area contributed by atoms with E-state index in [0.29, 0.717) is 4.75 Å². The Morgan fingerprint density at radius 3 is 2.36 bits per heavy atom. The Hall–Kier alpha value is -0.630. The van der Waals surface area contributed by atoms with Crippen molar-refractivity contribution in [1.82, 2.24) is 10.6 Å². The van der Waals surface area contributed by atoms with E-state index in [-0.39, 0.29) is 29.4 Å². The number of methoxy groups -OCH3 is 1. The van der Waals surface area contributed by atoms with Gasteiger partial charge >= 0.3 is 0 Å². The van der Waals surface area contributed by atoms with Crippen LogP contribution >= 0.6 is 35.7 Å². The van der Waals surface area contributed by atoms with Gasteiger partial charge in [0.1, 0.15) is 5.75 Å². The molecule has 4 nitrogen and oxygen atoms in total. The Kier molecular flexibility index (Phi) is 7.31. The highest BCUT2D eigenvalue weighted by Gasteiger charge is 2.44. The maximum absolute atomic E-state index is 5.26. The lowest BCUT2D eigenvalue weighted by atomic mass is 9.96. The van der Waals surface area contributed by atoms with E-state index in [9.17, 15) is 0 Å². The number of thioether (sulfide) groups is 1. The van der Waals surface area contributed by atoms with E-state index in [0.717, 1.165) is 24.8 Å². The molecule has 1 aliphatic heterocycles. The number of hydrogen-bond donors (Lipinski definition) is 2. The summed E-state index contributed by atoms with van der Waals surface area (Å²) in [6.45, 7) is 4.26. The molecule has 2 fully saturated rings. The first-order valence-electron chi connectivity index (χ1n) is 8.82. The molecule has 3 rings (SSSR count). The zero-order chi connectivity index (χ0) is 17.0. The van der Waals surface area contributed by atoms with Crippen LogP contribution in [0.2, 0.25) is 0 Å². The van der Waals surface area contributed by atoms with Gasteiger partial charge in [-0.2, -0.15) is 11.8 Å². The van der Waals surface area contributed by atoms with Gasteiger partial charge in [-0.15, -0.1) is 24.0 Å². The number of benzene rings is 1. The van der Waals surface area contributed by atoms with Crippen LogP contribution < -0.4 is 15.4 Å². The SMILES string of the molecule is CN=C(NCC1(C)CCCS1)NCC1(c2ccc(OC)cc2)CC1.I. The highest BCUT2D eigenvalue weighted by molar-refractivity contribution is 14.0. The molecule has 1 aromatic rings. The molecule has 1 saturated carbocycles. The third kappa shape index (κ3) is 5.18. The number of rotatable bonds is 6. The first-order chi connectivity index (χ1) is 11.6. The number of ether oxygens (including phenoxy) is 1. The number of hydrogen-bond acceptors (Lipinski definition) is 3. The molecule has 2 N–H and O–H groups in total. The zero-order valence-corrected chi connectivity index (χ0v) is 18.6. The van der Waals surface area contributed by atoms with Gasteiger partial charge in [-0.25, -0.2) is 0 Å². The number of aliphatic imine (C=N–C) groups is 1. The van der Waals surface area contributed by atoms with E-state index in [2.05, 4.69) is 58.6 Å². The Labute approximate surface area is 173 Å². The quantitative estimate of drug-likeness (QED) is 0.374. The van der Waals surface area contributed by atoms with Crippen molar-refractivity contribution in [3.05, 3.63) is 29.8 Å². The van der Waals surface area contributed by atoms with Gasteiger partial charge in [0.2, 0.25) is 0 Å². The summed E-state index contributed by atoms with van der Waals surface area (Å²) in [6, 6.07) is 8.50. The fourth-order valence-corrected chi connectivity index (χ4v) is 4.63. The van der Waals surface area contributed by atoms with Crippen LogP contribution in [0.3, 0.4) is 0 Å². The van der Waals surface area contributed by atoms with Crippen molar-refractivity contribution in [3.8, 4) is 5.75 Å². The van der Waals surface area contributed by atoms with Crippen molar-refractivity contribution in [2.24, 2.45) is 4.99 Å². The van der Waals surface area contributed by atoms with Crippen molar-refractivity contribution < 1.29 is 4.74 Å². The van der Waals surface area contributed by atoms with E-state index >= 15 is 0 Å². The highest BCUT2D eigenvalue weighted by atomic mass is 127. The summed E-state index contributed by atoms with van der Waals surface area (Å²) in [5.41, 5.74) is 1.65. The lowest BCUT2D eigenvalue weighted by molar-refractivity contribution is 0.414. The molecule has 25 heavy (non-hydrogen) atoms. The van der Waals surface area contributed by atoms with Gasteiger partial charge in [-0.05, 0) is 56.1 Å². The minimum absolute atomic E-state index is 0. The second kappa shape index (κ2) is 8.84. The first-order valence-corrected chi connectivity index (χ1v) is 9.81. The predicted molar refractivity (Wildman–Crippen MR) is 119 cm³/mol. The van der Waals surface area contributed by atoms with Crippen molar-refractivity contribution in [2.75, 3.05) is 33.0 Å². The Morgan fingerprint density at radius 1 is 1.16 bits per heavy atom. The Balaban J connectivity index is 0.00000225. The van der Waals surface area contributed by atoms with Gasteiger partial charge in [0.25, 0.3) is 0 Å². The number of guanidine groups is 1. The second-order valence-corrected chi connectivity index (χ2v) is 8.87. The summed E-state index contributed by atoms with van der Waals surface area (Å²) in [5.74, 6) is 3.12. The summed E-state index contributed by atoms with van der Waals surface area (Å²) in [7, 11) is 3.56. The maximum Gasteiger partial charge on any atom is 0.191 e. The second-order valence-electron chi connectivity index (χ2n) is 7.19. The summed E-state index contributed by atoms with van der Waals surface area (Å²) < 4.78 is 5.61. The average molecular weight is 475 g/mol. The van der Waals surface area contributed by atoms with Crippen LogP contribution in [0.15, 0.2) is 29.3 Å². The molecule has 0 spiro atoms. The van der Waals surface area contributed by atoms with Gasteiger partial charge in [-0.1, -0.05) is 12.1 Å². The lowest BCUT2D eigenvalue weighted by Gasteiger charge is -2.25. The molecule has 6 heteroatoms. The van der Waals surface area contributed by atoms with E-state index < -0.39 is 0 Å². The van der Waals surface area contributed by atoms with Crippen molar-refractivity contribution >= 4 is 41.7 Å². The third-order valence-corrected chi connectivity index (χ3v) is 6.84. The van der Waals surface area contributed by atoms with Crippen LogP contribution in [0, 0.1) is 0 Å². The van der Waals surface area contributed by atoms with Gasteiger partial charge in [0.15, 0.2) is 5.96 Å². The Morgan fingerprint density at radius 2 is 1.84 bits per heavy atom. The minimum Gasteiger partial charge on any atom is -0.497 e. The molecule has 0 bridgehead atoms. The number of nitrogens with zero attached hydrogens (tertiary/aromatic N) is 1. The largest absolute Gasteiger partial charge is 0.497 e. The molecule has 140 valence electrons. The number of halogens is 1. The lowest BCUT2D eigenvalue weighted by Crippen LogP contribution is -2.45. The van der Waals surface area contributed by atoms with Crippen LogP contribution in [0.1, 0.15) is 38.2 Å². The fraction of sp³-hybridized carbons (Fsp3) is 0.632. The highest BCUT2D eigenvalue weighted by Crippen LogP contribution is 2.47. The molecule has 1 aromatic carbocycles. The van der Waals surface area contributed by atoms with Gasteiger partial charge < -0.3 is 15.4 Å². The summed E-state index contributed by atoms with van der Waals surface area (Å²) in [6.07, 6.45) is 5.08. The summed E-state index contributed by atoms with van der Waals surface area (Å²) >= 11 is 2.08. The smallest absolute Gasteiger partial charge is 0.191 e. The minimum atomic E-state index is 0. The normalized spacial score (nSPS) is 24.4. The zero-order valence-electron chi connectivity index (χ0n) is 15.4. The van der Waals surface area contributed by atoms with Gasteiger partial charge in [0, 0.05) is 30.3 Å². The van der Waals surface area contributed by atoms with Crippen molar-refractivity contribution in [1.29, 1.82) is 0 Å². The van der Waals surface area contributed by atoms with Gasteiger partial charge in [0.05, 0.1) is 7.11 Å². The number of nitrogens with one attached hydrogen (secondary N) is 2. The molecule has 0 radical (unpaired) electrons. The molecule has 0 aromatic heterocycles. The molecule has 0 amide bonds. The van der Waals surface area contributed by atoms with Crippen LogP contribution in [-0.4, -0.2) is 43.7 Å². The van der Waals surface area contributed by atoms with Crippen LogP contribution in [0.4, 0.5) is 0 Å². The molecule has 1 aliphatic carbocycles. The van der Waals surface area contributed by atoms with Crippen LogP contribution in [-0.2, 0) is 5.41 Å². The van der Waals surface area contributed by atoms with Crippen LogP contribution in [0.5, 0.6) is 5.75 Å². The topological polar surface area (TPSA) is 45.7 Å². The van der Waals surface area contributed by atoms with Crippen molar-refractivity contribution in [3.63, 3.8) is 0 Å². The Bertz CT molecular complexity index is 581. The molecular weight excluding hydrogens is 445 g/mol. The summed E-state index contributed by atoms with van der Waals surface area (Å²) in [4.78, 5) is 4.40. The summed E-state index contributed by atoms with van der Waals surface area (Å²) in [5, 5.41) is 7.06. The molecule has 1 saturated heterocycles. The predicted octanol–water partition coefficient (Wildman–Crippen LogP) is 3.80. The molecule has 1 unspecified atom stereocenters. The molecule has 2 aliphatic rings. The van der Waals surface area contributed by atoms with E-state index in [1.54, 1.807) is 7.11 Å². The standard InChI is InChI=1S/C19H29N3OS.HI/c1-18(9-4-12-24-18)13-21-17(20-2)22-14-19(10-11-19)15-5-7-16(23-3)8-6-15;/h5-8H,4,9-14H2,1-3H3,(H2,20,21,22);1H. The molecular formula is C19H30IN3OS. The first kappa shape index (κ1) is 20.7. The molecule has 1 atom stereocenters. The van der Waals surface area contributed by atoms with E-state index in [1.807, 2.05) is 7.05 Å². The third-order valence-electron chi connectivity index (χ3n) is 5.30. The average Bonchev–Trinajstić information content (AvgIpc) is 3.29. The van der Waals surface area contributed by atoms with E-state index in [4.69, 9.17) is 4.74 Å². The monoisotopic (exact) mass is 475 g/mol. The fourth-order valence-electron chi connectivity index (χ4n) is 3.38. The van der Waals surface area contributed by atoms with Crippen LogP contribution in [0.25, 0.3) is 0 Å². The van der Waals surface area contributed by atoms with E-state index in [1.165, 1.54) is 37.0 Å². The van der Waals surface area contributed by atoms with Crippen molar-refractivity contribution in [2.45, 2.75) is 42.8 Å². The maximum atomic E-state index is 5.26. The molecule has 1 heterocycles. The van der Waals surface area contributed by atoms with Gasteiger partial charge in [-0.3, -0.25) is 4.99 Å².